The molecule has 0 unspecified atom stereocenters. The number of alkyl carbamates (subject to hydrolysis) is 1. The summed E-state index contributed by atoms with van der Waals surface area (Å²) in [4.78, 5) is 23.8. The monoisotopic (exact) mass is 454 g/mol. The summed E-state index contributed by atoms with van der Waals surface area (Å²) in [5.74, 6) is -1.44. The minimum absolute atomic E-state index is 0.104. The second kappa shape index (κ2) is 9.00. The molecule has 0 fully saturated rings. The third kappa shape index (κ3) is 4.38. The van der Waals surface area contributed by atoms with Crippen LogP contribution >= 0.6 is 23.2 Å². The van der Waals surface area contributed by atoms with Gasteiger partial charge in [-0.3, -0.25) is 0 Å². The molecule has 1 N–H and O–H groups in total. The van der Waals surface area contributed by atoms with Gasteiger partial charge in [0, 0.05) is 18.3 Å². The van der Waals surface area contributed by atoms with Crippen molar-refractivity contribution in [1.29, 1.82) is 0 Å². The van der Waals surface area contributed by atoms with Gasteiger partial charge < -0.3 is 20.0 Å². The first-order valence-electron chi connectivity index (χ1n) is 9.71. The number of benzene rings is 3. The smallest absolute Gasteiger partial charge is 0.407 e. The maximum atomic E-state index is 12.6. The van der Waals surface area contributed by atoms with Gasteiger partial charge in [-0.05, 0) is 33.9 Å². The first-order valence-corrected chi connectivity index (χ1v) is 10.5. The van der Waals surface area contributed by atoms with Gasteiger partial charge in [-0.15, -0.1) is 0 Å². The van der Waals surface area contributed by atoms with Gasteiger partial charge in [0.1, 0.15) is 6.61 Å². The first-order chi connectivity index (χ1) is 15.0. The number of aliphatic carboxylic acids is 1. The number of carbonyl (C=O) groups excluding carboxylic acids is 2. The molecule has 0 spiro atoms. The lowest BCUT2D eigenvalue weighted by Gasteiger charge is -2.22. The second-order valence-electron chi connectivity index (χ2n) is 7.24. The fourth-order valence-corrected chi connectivity index (χ4v) is 4.42. The normalized spacial score (nSPS) is 13.2. The molecule has 7 heteroatoms. The van der Waals surface area contributed by atoms with Crippen LogP contribution in [0.15, 0.2) is 66.7 Å². The Hall–Kier alpha value is -3.02. The minimum atomic E-state index is -1.33. The summed E-state index contributed by atoms with van der Waals surface area (Å²) in [6.07, 6.45) is -1.21. The van der Waals surface area contributed by atoms with E-state index in [-0.39, 0.29) is 22.6 Å². The fraction of sp³-hybridized carbons (Fsp3) is 0.167. The van der Waals surface area contributed by atoms with E-state index in [1.807, 2.05) is 48.5 Å². The Labute approximate surface area is 189 Å². The number of halogens is 2. The Balaban J connectivity index is 1.50. The van der Waals surface area contributed by atoms with Crippen LogP contribution in [0.4, 0.5) is 4.79 Å². The van der Waals surface area contributed by atoms with Gasteiger partial charge in [0.2, 0.25) is 0 Å². The zero-order valence-corrected chi connectivity index (χ0v) is 17.8. The van der Waals surface area contributed by atoms with Crippen LogP contribution in [0.1, 0.15) is 35.1 Å². The van der Waals surface area contributed by atoms with Gasteiger partial charge in [-0.2, -0.15) is 0 Å². The first kappa shape index (κ1) is 21.2. The molecule has 1 aliphatic rings. The van der Waals surface area contributed by atoms with Crippen molar-refractivity contribution in [2.24, 2.45) is 0 Å². The van der Waals surface area contributed by atoms with Gasteiger partial charge in [0.05, 0.1) is 16.1 Å². The number of hydrogen-bond acceptors (Lipinski definition) is 4. The molecule has 5 nitrogen and oxygen atoms in total. The van der Waals surface area contributed by atoms with Crippen molar-refractivity contribution in [3.8, 4) is 11.1 Å². The van der Waals surface area contributed by atoms with Crippen molar-refractivity contribution < 1.29 is 19.4 Å². The molecule has 0 saturated heterocycles. The van der Waals surface area contributed by atoms with E-state index >= 15 is 0 Å². The number of carbonyl (C=O) groups is 2. The van der Waals surface area contributed by atoms with E-state index in [1.165, 1.54) is 0 Å². The van der Waals surface area contributed by atoms with E-state index in [0.29, 0.717) is 5.56 Å². The lowest BCUT2D eigenvalue weighted by molar-refractivity contribution is -0.306. The Morgan fingerprint density at radius 1 is 0.935 bits per heavy atom. The quantitative estimate of drug-likeness (QED) is 0.584. The molecule has 1 aliphatic carbocycles. The standard InChI is InChI=1S/C24H19Cl2NO4/c25-20-11-5-10-18(23(20)26)21(12-22(28)29)27-24(30)31-13-19-16-8-3-1-6-14(16)15-7-2-4-9-17(15)19/h1-11,19,21H,12-13H2,(H,27,30)(H,28,29)/p-1/t21-/m0/s1. The highest BCUT2D eigenvalue weighted by atomic mass is 35.5. The summed E-state index contributed by atoms with van der Waals surface area (Å²) < 4.78 is 5.50. The summed E-state index contributed by atoms with van der Waals surface area (Å²) in [7, 11) is 0. The van der Waals surface area contributed by atoms with Crippen molar-refractivity contribution in [1.82, 2.24) is 5.32 Å². The van der Waals surface area contributed by atoms with Crippen molar-refractivity contribution in [3.05, 3.63) is 93.5 Å². The van der Waals surface area contributed by atoms with Crippen LogP contribution in [0.5, 0.6) is 0 Å². The number of amides is 1. The molecule has 0 saturated carbocycles. The highest BCUT2D eigenvalue weighted by Crippen LogP contribution is 2.44. The lowest BCUT2D eigenvalue weighted by atomic mass is 9.98. The molecule has 0 bridgehead atoms. The number of nitrogens with one attached hydrogen (secondary N) is 1. The van der Waals surface area contributed by atoms with Crippen LogP contribution in [0.3, 0.4) is 0 Å². The predicted octanol–water partition coefficient (Wildman–Crippen LogP) is 4.71. The number of ether oxygens (including phenoxy) is 1. The molecule has 0 radical (unpaired) electrons. The summed E-state index contributed by atoms with van der Waals surface area (Å²) >= 11 is 12.2. The van der Waals surface area contributed by atoms with Gasteiger partial charge >= 0.3 is 6.09 Å². The number of fused-ring (bicyclic) bond motifs is 3. The summed E-state index contributed by atoms with van der Waals surface area (Å²) in [6.45, 7) is 0.112. The zero-order valence-electron chi connectivity index (χ0n) is 16.3. The second-order valence-corrected chi connectivity index (χ2v) is 8.03. The zero-order chi connectivity index (χ0) is 22.0. The summed E-state index contributed by atoms with van der Waals surface area (Å²) in [6, 6.07) is 19.9. The molecule has 1 amide bonds. The van der Waals surface area contributed by atoms with E-state index in [4.69, 9.17) is 27.9 Å². The van der Waals surface area contributed by atoms with Crippen molar-refractivity contribution >= 4 is 35.3 Å². The number of carboxylic acid groups (broad SMARTS) is 1. The van der Waals surface area contributed by atoms with E-state index < -0.39 is 24.5 Å². The molecular weight excluding hydrogens is 437 g/mol. The maximum Gasteiger partial charge on any atom is 0.407 e. The third-order valence-electron chi connectivity index (χ3n) is 5.36. The van der Waals surface area contributed by atoms with Crippen LogP contribution in [0.2, 0.25) is 10.0 Å². The number of carboxylic acids is 1. The van der Waals surface area contributed by atoms with E-state index in [1.54, 1.807) is 18.2 Å². The fourth-order valence-electron chi connectivity index (χ4n) is 3.98. The van der Waals surface area contributed by atoms with E-state index in [0.717, 1.165) is 22.3 Å². The highest BCUT2D eigenvalue weighted by Gasteiger charge is 2.29. The largest absolute Gasteiger partial charge is 0.550 e. The third-order valence-corrected chi connectivity index (χ3v) is 6.20. The summed E-state index contributed by atoms with van der Waals surface area (Å²) in [5.41, 5.74) is 4.79. The van der Waals surface area contributed by atoms with Crippen molar-refractivity contribution in [3.63, 3.8) is 0 Å². The molecule has 4 rings (SSSR count). The Morgan fingerprint density at radius 3 is 2.16 bits per heavy atom. The van der Waals surface area contributed by atoms with Crippen LogP contribution in [0.25, 0.3) is 11.1 Å². The van der Waals surface area contributed by atoms with Crippen molar-refractivity contribution in [2.45, 2.75) is 18.4 Å². The number of hydrogen-bond donors (Lipinski definition) is 1. The van der Waals surface area contributed by atoms with Crippen LogP contribution < -0.4 is 10.4 Å². The molecule has 158 valence electrons. The molecule has 0 aliphatic heterocycles. The van der Waals surface area contributed by atoms with Gasteiger partial charge in [-0.1, -0.05) is 83.9 Å². The molecular formula is C24H18Cl2NO4-. The Kier molecular flexibility index (Phi) is 6.16. The highest BCUT2D eigenvalue weighted by molar-refractivity contribution is 6.42. The van der Waals surface area contributed by atoms with Crippen molar-refractivity contribution in [2.75, 3.05) is 6.61 Å². The minimum Gasteiger partial charge on any atom is -0.550 e. The predicted molar refractivity (Wildman–Crippen MR) is 117 cm³/mol. The number of rotatable bonds is 6. The maximum absolute atomic E-state index is 12.6. The molecule has 3 aromatic rings. The summed E-state index contributed by atoms with van der Waals surface area (Å²) in [5, 5.41) is 14.2. The molecule has 3 aromatic carbocycles. The van der Waals surface area contributed by atoms with Gasteiger partial charge in [0.25, 0.3) is 0 Å². The van der Waals surface area contributed by atoms with Gasteiger partial charge in [0.15, 0.2) is 0 Å². The average molecular weight is 455 g/mol. The van der Waals surface area contributed by atoms with Gasteiger partial charge in [-0.25, -0.2) is 4.79 Å². The lowest BCUT2D eigenvalue weighted by Crippen LogP contribution is -2.35. The topological polar surface area (TPSA) is 78.5 Å². The van der Waals surface area contributed by atoms with E-state index in [9.17, 15) is 14.7 Å². The molecule has 31 heavy (non-hydrogen) atoms. The van der Waals surface area contributed by atoms with Crippen LogP contribution in [-0.4, -0.2) is 18.7 Å². The Bertz CT molecular complexity index is 1100. The van der Waals surface area contributed by atoms with Crippen LogP contribution in [-0.2, 0) is 9.53 Å². The molecule has 0 heterocycles. The molecule has 0 aromatic heterocycles. The van der Waals surface area contributed by atoms with E-state index in [2.05, 4.69) is 5.32 Å². The SMILES string of the molecule is O=C([O-])C[C@H](NC(=O)OCC1c2ccccc2-c2ccccc21)c1cccc(Cl)c1Cl. The molecule has 1 atom stereocenters. The average Bonchev–Trinajstić information content (AvgIpc) is 3.07. The Morgan fingerprint density at radius 2 is 1.55 bits per heavy atom. The van der Waals surface area contributed by atoms with Crippen LogP contribution in [0, 0.1) is 0 Å².